The van der Waals surface area contributed by atoms with Crippen LogP contribution in [0.4, 0.5) is 0 Å². The quantitative estimate of drug-likeness (QED) is 0.782. The van der Waals surface area contributed by atoms with E-state index in [1.165, 1.54) is 38.9 Å². The van der Waals surface area contributed by atoms with E-state index in [-0.39, 0.29) is 0 Å². The Bertz CT molecular complexity index is 220. The number of nitrogens with zero attached hydrogens (tertiary/aromatic N) is 2. The Kier molecular flexibility index (Phi) is 3.57. The van der Waals surface area contributed by atoms with E-state index in [4.69, 9.17) is 5.73 Å². The highest BCUT2D eigenvalue weighted by Gasteiger charge is 2.39. The Morgan fingerprint density at radius 1 is 1.19 bits per heavy atom. The molecule has 16 heavy (non-hydrogen) atoms. The van der Waals surface area contributed by atoms with Crippen LogP contribution in [-0.4, -0.2) is 55.1 Å². The summed E-state index contributed by atoms with van der Waals surface area (Å²) in [6, 6.07) is 1.36. The van der Waals surface area contributed by atoms with Gasteiger partial charge in [-0.2, -0.15) is 0 Å². The molecular weight excluding hydrogens is 198 g/mol. The summed E-state index contributed by atoms with van der Waals surface area (Å²) in [7, 11) is 2.24. The maximum absolute atomic E-state index is 5.95. The molecule has 2 fully saturated rings. The molecule has 2 aliphatic rings. The molecule has 94 valence electrons. The van der Waals surface area contributed by atoms with Crippen molar-refractivity contribution in [1.82, 2.24) is 9.80 Å². The number of hydrogen-bond acceptors (Lipinski definition) is 3. The zero-order chi connectivity index (χ0) is 11.8. The first-order valence-corrected chi connectivity index (χ1v) is 6.71. The average Bonchev–Trinajstić information content (AvgIpc) is 2.20. The number of piperazine rings is 1. The lowest BCUT2D eigenvalue weighted by Crippen LogP contribution is -2.58. The van der Waals surface area contributed by atoms with E-state index in [9.17, 15) is 0 Å². The minimum Gasteiger partial charge on any atom is -0.330 e. The molecule has 3 heteroatoms. The van der Waals surface area contributed by atoms with Gasteiger partial charge in [-0.1, -0.05) is 6.42 Å². The molecule has 3 nitrogen and oxygen atoms in total. The second-order valence-electron chi connectivity index (χ2n) is 6.12. The minimum atomic E-state index is 0.468. The first kappa shape index (κ1) is 12.3. The van der Waals surface area contributed by atoms with Crippen LogP contribution >= 0.6 is 0 Å². The zero-order valence-electron chi connectivity index (χ0n) is 11.1. The third-order valence-corrected chi connectivity index (χ3v) is 4.84. The van der Waals surface area contributed by atoms with Crippen molar-refractivity contribution >= 4 is 0 Å². The number of hydrogen-bond donors (Lipinski definition) is 1. The molecule has 0 aromatic heterocycles. The van der Waals surface area contributed by atoms with Crippen LogP contribution < -0.4 is 5.73 Å². The summed E-state index contributed by atoms with van der Waals surface area (Å²) in [6.45, 7) is 9.19. The van der Waals surface area contributed by atoms with E-state index in [2.05, 4.69) is 30.7 Å². The van der Waals surface area contributed by atoms with Crippen LogP contribution in [0.3, 0.4) is 0 Å². The second kappa shape index (κ2) is 4.63. The van der Waals surface area contributed by atoms with Gasteiger partial charge in [-0.15, -0.1) is 0 Å². The molecule has 0 aromatic carbocycles. The predicted octanol–water partition coefficient (Wildman–Crippen LogP) is 1.14. The second-order valence-corrected chi connectivity index (χ2v) is 6.12. The van der Waals surface area contributed by atoms with E-state index in [0.29, 0.717) is 17.5 Å². The summed E-state index contributed by atoms with van der Waals surface area (Å²) in [6.07, 6.45) is 4.08. The molecule has 0 aromatic rings. The number of likely N-dealkylation sites (N-methyl/N-ethyl adjacent to an activating group) is 1. The van der Waals surface area contributed by atoms with Gasteiger partial charge in [0.2, 0.25) is 0 Å². The molecule has 1 saturated heterocycles. The fourth-order valence-electron chi connectivity index (χ4n) is 3.22. The maximum Gasteiger partial charge on any atom is 0.0195 e. The molecule has 0 bridgehead atoms. The third-order valence-electron chi connectivity index (χ3n) is 4.84. The maximum atomic E-state index is 5.95. The molecular formula is C13H27N3. The normalized spacial score (nSPS) is 36.0. The van der Waals surface area contributed by atoms with Crippen LogP contribution in [0.1, 0.15) is 33.1 Å². The smallest absolute Gasteiger partial charge is 0.0195 e. The van der Waals surface area contributed by atoms with Crippen LogP contribution in [0.15, 0.2) is 0 Å². The molecule has 2 unspecified atom stereocenters. The Labute approximate surface area is 100.0 Å². The monoisotopic (exact) mass is 225 g/mol. The van der Waals surface area contributed by atoms with Gasteiger partial charge in [-0.05, 0) is 45.7 Å². The summed E-state index contributed by atoms with van der Waals surface area (Å²) in [5, 5.41) is 0. The first-order valence-electron chi connectivity index (χ1n) is 6.71. The molecule has 0 amide bonds. The lowest BCUT2D eigenvalue weighted by Gasteiger charge is -2.49. The number of rotatable bonds is 3. The first-order chi connectivity index (χ1) is 7.56. The van der Waals surface area contributed by atoms with Crippen molar-refractivity contribution in [1.29, 1.82) is 0 Å². The highest BCUT2D eigenvalue weighted by molar-refractivity contribution is 4.94. The third kappa shape index (κ3) is 2.27. The summed E-state index contributed by atoms with van der Waals surface area (Å²) in [4.78, 5) is 5.13. The Balaban J connectivity index is 1.91. The topological polar surface area (TPSA) is 32.5 Å². The molecule has 2 atom stereocenters. The Hall–Kier alpha value is -0.120. The molecule has 1 aliphatic heterocycles. The standard InChI is InChI=1S/C13H27N3/c1-11-7-16(8-12(2)15(11)3)10-13(9-14)5-4-6-13/h11-12H,4-10,14H2,1-3H3. The van der Waals surface area contributed by atoms with E-state index in [1.54, 1.807) is 0 Å². The van der Waals surface area contributed by atoms with Gasteiger partial charge in [0.05, 0.1) is 0 Å². The van der Waals surface area contributed by atoms with Crippen LogP contribution in [0.25, 0.3) is 0 Å². The molecule has 1 aliphatic carbocycles. The van der Waals surface area contributed by atoms with Crippen molar-refractivity contribution in [3.05, 3.63) is 0 Å². The SMILES string of the molecule is CC1CN(CC2(CN)CCC2)CC(C)N1C. The van der Waals surface area contributed by atoms with Gasteiger partial charge in [0.25, 0.3) is 0 Å². The zero-order valence-corrected chi connectivity index (χ0v) is 11.1. The van der Waals surface area contributed by atoms with Crippen molar-refractivity contribution in [2.24, 2.45) is 11.1 Å². The summed E-state index contributed by atoms with van der Waals surface area (Å²) >= 11 is 0. The van der Waals surface area contributed by atoms with Gasteiger partial charge in [0.15, 0.2) is 0 Å². The van der Waals surface area contributed by atoms with Crippen LogP contribution in [-0.2, 0) is 0 Å². The molecule has 2 rings (SSSR count). The van der Waals surface area contributed by atoms with Crippen molar-refractivity contribution in [2.75, 3.05) is 33.2 Å². The largest absolute Gasteiger partial charge is 0.330 e. The summed E-state index contributed by atoms with van der Waals surface area (Å²) in [5.74, 6) is 0. The van der Waals surface area contributed by atoms with E-state index < -0.39 is 0 Å². The fraction of sp³-hybridized carbons (Fsp3) is 1.00. The van der Waals surface area contributed by atoms with Crippen molar-refractivity contribution in [3.63, 3.8) is 0 Å². The van der Waals surface area contributed by atoms with E-state index in [1.807, 2.05) is 0 Å². The van der Waals surface area contributed by atoms with Gasteiger partial charge in [0, 0.05) is 31.7 Å². The highest BCUT2D eigenvalue weighted by Crippen LogP contribution is 2.40. The Morgan fingerprint density at radius 3 is 2.12 bits per heavy atom. The molecule has 1 saturated carbocycles. The van der Waals surface area contributed by atoms with Gasteiger partial charge >= 0.3 is 0 Å². The van der Waals surface area contributed by atoms with Crippen molar-refractivity contribution in [3.8, 4) is 0 Å². The Morgan fingerprint density at radius 2 is 1.75 bits per heavy atom. The molecule has 0 spiro atoms. The molecule has 1 heterocycles. The van der Waals surface area contributed by atoms with Crippen molar-refractivity contribution < 1.29 is 0 Å². The lowest BCUT2D eigenvalue weighted by atomic mass is 9.68. The van der Waals surface area contributed by atoms with Gasteiger partial charge < -0.3 is 5.73 Å². The molecule has 2 N–H and O–H groups in total. The van der Waals surface area contributed by atoms with Crippen molar-refractivity contribution in [2.45, 2.75) is 45.2 Å². The van der Waals surface area contributed by atoms with E-state index >= 15 is 0 Å². The van der Waals surface area contributed by atoms with Crippen LogP contribution in [0.2, 0.25) is 0 Å². The van der Waals surface area contributed by atoms with Crippen LogP contribution in [0, 0.1) is 5.41 Å². The lowest BCUT2D eigenvalue weighted by molar-refractivity contribution is 0.00815. The minimum absolute atomic E-state index is 0.468. The summed E-state index contributed by atoms with van der Waals surface area (Å²) in [5.41, 5.74) is 6.41. The number of nitrogens with two attached hydrogens (primary N) is 1. The average molecular weight is 225 g/mol. The van der Waals surface area contributed by atoms with Crippen LogP contribution in [0.5, 0.6) is 0 Å². The van der Waals surface area contributed by atoms with E-state index in [0.717, 1.165) is 6.54 Å². The fourth-order valence-corrected chi connectivity index (χ4v) is 3.22. The van der Waals surface area contributed by atoms with Gasteiger partial charge in [0.1, 0.15) is 0 Å². The molecule has 0 radical (unpaired) electrons. The summed E-state index contributed by atoms with van der Waals surface area (Å²) < 4.78 is 0. The predicted molar refractivity (Wildman–Crippen MR) is 68.5 cm³/mol. The van der Waals surface area contributed by atoms with Gasteiger partial charge in [-0.25, -0.2) is 0 Å². The van der Waals surface area contributed by atoms with Gasteiger partial charge in [-0.3, -0.25) is 9.80 Å². The highest BCUT2D eigenvalue weighted by atomic mass is 15.3.